The minimum absolute atomic E-state index is 0.000986. The van der Waals surface area contributed by atoms with Gasteiger partial charge < -0.3 is 9.64 Å². The Morgan fingerprint density at radius 1 is 1.14 bits per heavy atom. The first kappa shape index (κ1) is 26.0. The van der Waals surface area contributed by atoms with Crippen molar-refractivity contribution < 1.29 is 26.3 Å². The number of ether oxygens (including phenoxy) is 1. The molecule has 4 rings (SSSR count). The zero-order valence-corrected chi connectivity index (χ0v) is 21.1. The molecule has 1 aromatic carbocycles. The number of halogens is 4. The zero-order valence-electron chi connectivity index (χ0n) is 19.5. The van der Waals surface area contributed by atoms with Crippen LogP contribution in [0.2, 0.25) is 5.02 Å². The van der Waals surface area contributed by atoms with E-state index < -0.39 is 27.5 Å². The highest BCUT2D eigenvalue weighted by Crippen LogP contribution is 2.40. The quantitative estimate of drug-likeness (QED) is 0.421. The predicted octanol–water partition coefficient (Wildman–Crippen LogP) is 5.86. The molecule has 0 aliphatic carbocycles. The van der Waals surface area contributed by atoms with E-state index in [9.17, 15) is 21.6 Å². The first-order valence-electron chi connectivity index (χ1n) is 11.1. The Hall–Kier alpha value is -3.05. The summed E-state index contributed by atoms with van der Waals surface area (Å²) >= 11 is 6.18. The highest BCUT2D eigenvalue weighted by atomic mass is 35.5. The lowest BCUT2D eigenvalue weighted by molar-refractivity contribution is -0.137. The summed E-state index contributed by atoms with van der Waals surface area (Å²) in [6.45, 7) is 3.64. The van der Waals surface area contributed by atoms with E-state index in [0.29, 0.717) is 11.7 Å². The van der Waals surface area contributed by atoms with Gasteiger partial charge in [0.05, 0.1) is 23.4 Å². The molecule has 7 nitrogen and oxygen atoms in total. The van der Waals surface area contributed by atoms with Crippen LogP contribution in [0.4, 0.5) is 24.8 Å². The number of piperidine rings is 1. The van der Waals surface area contributed by atoms with Gasteiger partial charge >= 0.3 is 6.18 Å². The average Bonchev–Trinajstić information content (AvgIpc) is 2.83. The summed E-state index contributed by atoms with van der Waals surface area (Å²) in [7, 11) is -2.89. The van der Waals surface area contributed by atoms with Gasteiger partial charge in [-0.2, -0.15) is 21.6 Å². The third-order valence-electron chi connectivity index (χ3n) is 5.83. The highest BCUT2D eigenvalue weighted by Gasteiger charge is 2.35. The molecule has 1 N–H and O–H groups in total. The third kappa shape index (κ3) is 5.67. The number of nitrogens with zero attached hydrogens (tertiary/aromatic N) is 3. The van der Waals surface area contributed by atoms with E-state index in [-0.39, 0.29) is 27.2 Å². The molecular formula is C24H24ClF3N4O3S. The Morgan fingerprint density at radius 2 is 1.92 bits per heavy atom. The van der Waals surface area contributed by atoms with Gasteiger partial charge in [0.25, 0.3) is 10.0 Å². The maximum Gasteiger partial charge on any atom is 0.418 e. The van der Waals surface area contributed by atoms with Crippen molar-refractivity contribution in [1.29, 1.82) is 0 Å². The number of alkyl halides is 3. The van der Waals surface area contributed by atoms with Gasteiger partial charge in [0.1, 0.15) is 17.4 Å². The second-order valence-corrected chi connectivity index (χ2v) is 10.6. The summed E-state index contributed by atoms with van der Waals surface area (Å²) in [5, 5.41) is -0.264. The minimum atomic E-state index is -4.76. The van der Waals surface area contributed by atoms with Crippen LogP contribution in [0.15, 0.2) is 53.6 Å². The molecule has 36 heavy (non-hydrogen) atoms. The minimum Gasteiger partial charge on any atom is -0.497 e. The van der Waals surface area contributed by atoms with Crippen LogP contribution in [0.25, 0.3) is 11.3 Å². The summed E-state index contributed by atoms with van der Waals surface area (Å²) in [6, 6.07) is 10.5. The molecule has 2 aromatic heterocycles. The lowest BCUT2D eigenvalue weighted by atomic mass is 10.0. The molecule has 1 aliphatic rings. The van der Waals surface area contributed by atoms with Crippen LogP contribution in [0.3, 0.4) is 0 Å². The normalized spacial score (nSPS) is 16.6. The number of nitrogens with one attached hydrogen (secondary N) is 1. The molecule has 0 bridgehead atoms. The standard InChI is InChI=1S/C24H24ClF3N4O3S/c1-15-5-4-12-32(14-15)21-6-3-7-22(30-21)36(33,34)31-20-11-9-18(24(26,27)28)23(29-20)17-13-16(35-2)8-10-19(17)25/h3,6-11,13,15H,4-5,12,14H2,1-2H3,(H,29,31). The Morgan fingerprint density at radius 3 is 2.61 bits per heavy atom. The van der Waals surface area contributed by atoms with Crippen molar-refractivity contribution in [3.8, 4) is 17.0 Å². The molecule has 12 heteroatoms. The smallest absolute Gasteiger partial charge is 0.418 e. The fourth-order valence-electron chi connectivity index (χ4n) is 4.08. The van der Waals surface area contributed by atoms with Gasteiger partial charge in [-0.3, -0.25) is 4.72 Å². The highest BCUT2D eigenvalue weighted by molar-refractivity contribution is 7.92. The topological polar surface area (TPSA) is 84.4 Å². The van der Waals surface area contributed by atoms with Crippen molar-refractivity contribution in [2.24, 2.45) is 5.92 Å². The number of hydrogen-bond donors (Lipinski definition) is 1. The van der Waals surface area contributed by atoms with E-state index >= 15 is 0 Å². The van der Waals surface area contributed by atoms with E-state index in [1.165, 1.54) is 31.4 Å². The Labute approximate surface area is 212 Å². The average molecular weight is 541 g/mol. The monoisotopic (exact) mass is 540 g/mol. The number of rotatable bonds is 6. The molecule has 192 valence electrons. The van der Waals surface area contributed by atoms with Gasteiger partial charge in [0, 0.05) is 18.7 Å². The molecule has 0 saturated carbocycles. The molecule has 0 amide bonds. The molecule has 1 fully saturated rings. The predicted molar refractivity (Wildman–Crippen MR) is 132 cm³/mol. The SMILES string of the molecule is COc1ccc(Cl)c(-c2nc(NS(=O)(=O)c3cccc(N4CCCC(C)C4)n3)ccc2C(F)(F)F)c1. The first-order valence-corrected chi connectivity index (χ1v) is 13.0. The summed E-state index contributed by atoms with van der Waals surface area (Å²) in [5.41, 5.74) is -1.65. The molecule has 1 atom stereocenters. The second-order valence-electron chi connectivity index (χ2n) is 8.57. The summed E-state index contributed by atoms with van der Waals surface area (Å²) in [4.78, 5) is 10.3. The fourth-order valence-corrected chi connectivity index (χ4v) is 5.25. The van der Waals surface area contributed by atoms with Gasteiger partial charge in [-0.25, -0.2) is 9.97 Å². The van der Waals surface area contributed by atoms with Gasteiger partial charge in [-0.05, 0) is 61.2 Å². The van der Waals surface area contributed by atoms with E-state index in [1.807, 2.05) is 4.90 Å². The summed E-state index contributed by atoms with van der Waals surface area (Å²) in [5.74, 6) is 0.935. The van der Waals surface area contributed by atoms with Crippen molar-refractivity contribution in [3.63, 3.8) is 0 Å². The van der Waals surface area contributed by atoms with E-state index in [1.54, 1.807) is 12.1 Å². The summed E-state index contributed by atoms with van der Waals surface area (Å²) in [6.07, 6.45) is -2.69. The van der Waals surface area contributed by atoms with Crippen molar-refractivity contribution in [1.82, 2.24) is 9.97 Å². The molecule has 0 spiro atoms. The maximum absolute atomic E-state index is 13.8. The Kier molecular flexibility index (Phi) is 7.33. The van der Waals surface area contributed by atoms with Crippen LogP contribution in [-0.2, 0) is 16.2 Å². The molecule has 3 aromatic rings. The molecule has 1 aliphatic heterocycles. The Bertz CT molecular complexity index is 1370. The van der Waals surface area contributed by atoms with E-state index in [0.717, 1.165) is 38.1 Å². The molecule has 0 radical (unpaired) electrons. The largest absolute Gasteiger partial charge is 0.497 e. The lowest BCUT2D eigenvalue weighted by Gasteiger charge is -2.31. The van der Waals surface area contributed by atoms with Crippen molar-refractivity contribution >= 4 is 33.3 Å². The molecule has 3 heterocycles. The summed E-state index contributed by atoms with van der Waals surface area (Å²) < 4.78 is 74.8. The van der Waals surface area contributed by atoms with Crippen LogP contribution >= 0.6 is 11.6 Å². The Balaban J connectivity index is 1.70. The fraction of sp³-hybridized carbons (Fsp3) is 0.333. The first-order chi connectivity index (χ1) is 17.0. The number of anilines is 2. The third-order valence-corrected chi connectivity index (χ3v) is 7.42. The zero-order chi connectivity index (χ0) is 26.1. The second kappa shape index (κ2) is 10.1. The van der Waals surface area contributed by atoms with Crippen LogP contribution in [-0.4, -0.2) is 38.6 Å². The maximum atomic E-state index is 13.8. The van der Waals surface area contributed by atoms with Crippen LogP contribution in [0, 0.1) is 5.92 Å². The molecule has 1 unspecified atom stereocenters. The van der Waals surface area contributed by atoms with Crippen molar-refractivity contribution in [2.45, 2.75) is 31.0 Å². The van der Waals surface area contributed by atoms with Gasteiger partial charge in [0.2, 0.25) is 0 Å². The van der Waals surface area contributed by atoms with Gasteiger partial charge in [-0.15, -0.1) is 0 Å². The van der Waals surface area contributed by atoms with Gasteiger partial charge in [0.15, 0.2) is 5.03 Å². The lowest BCUT2D eigenvalue weighted by Crippen LogP contribution is -2.35. The van der Waals surface area contributed by atoms with Crippen LogP contribution in [0.5, 0.6) is 5.75 Å². The van der Waals surface area contributed by atoms with E-state index in [2.05, 4.69) is 21.6 Å². The van der Waals surface area contributed by atoms with Crippen LogP contribution in [0.1, 0.15) is 25.3 Å². The number of aromatic nitrogens is 2. The van der Waals surface area contributed by atoms with Crippen molar-refractivity contribution in [3.05, 3.63) is 59.1 Å². The number of hydrogen-bond acceptors (Lipinski definition) is 6. The van der Waals surface area contributed by atoms with Crippen LogP contribution < -0.4 is 14.4 Å². The number of sulfonamides is 1. The number of methoxy groups -OCH3 is 1. The molecular weight excluding hydrogens is 517 g/mol. The number of pyridine rings is 2. The van der Waals surface area contributed by atoms with E-state index in [4.69, 9.17) is 16.3 Å². The van der Waals surface area contributed by atoms with Gasteiger partial charge in [-0.1, -0.05) is 24.6 Å². The molecule has 1 saturated heterocycles. The number of benzene rings is 1. The van der Waals surface area contributed by atoms with Crippen molar-refractivity contribution in [2.75, 3.05) is 29.8 Å².